The van der Waals surface area contributed by atoms with Crippen LogP contribution in [0.3, 0.4) is 0 Å². The predicted octanol–water partition coefficient (Wildman–Crippen LogP) is 4.71. The number of aromatic nitrogens is 2. The number of urea groups is 1. The first-order valence-corrected chi connectivity index (χ1v) is 10.5. The summed E-state index contributed by atoms with van der Waals surface area (Å²) in [4.78, 5) is 16.5. The van der Waals surface area contributed by atoms with Gasteiger partial charge in [0.1, 0.15) is 0 Å². The van der Waals surface area contributed by atoms with Crippen molar-refractivity contribution >= 4 is 29.1 Å². The minimum Gasteiger partial charge on any atom is -0.352 e. The Balaban J connectivity index is 1.33. The molecule has 0 aliphatic carbocycles. The Labute approximate surface area is 181 Å². The Morgan fingerprint density at radius 3 is 2.33 bits per heavy atom. The molecule has 0 spiro atoms. The van der Waals surface area contributed by atoms with E-state index in [1.54, 1.807) is 0 Å². The summed E-state index contributed by atoms with van der Waals surface area (Å²) < 4.78 is 0. The van der Waals surface area contributed by atoms with Crippen LogP contribution in [0.5, 0.6) is 0 Å². The number of nitrogens with one attached hydrogen (secondary N) is 1. The molecule has 2 aromatic carbocycles. The Bertz CT molecular complexity index is 999. The summed E-state index contributed by atoms with van der Waals surface area (Å²) in [7, 11) is 0. The van der Waals surface area contributed by atoms with Gasteiger partial charge in [0, 0.05) is 37.4 Å². The third-order valence-corrected chi connectivity index (χ3v) is 5.63. The average molecular weight is 422 g/mol. The Morgan fingerprint density at radius 2 is 1.70 bits per heavy atom. The van der Waals surface area contributed by atoms with Crippen LogP contribution in [0.15, 0.2) is 60.7 Å². The third-order valence-electron chi connectivity index (χ3n) is 5.30. The van der Waals surface area contributed by atoms with Crippen LogP contribution in [0.1, 0.15) is 12.5 Å². The third kappa shape index (κ3) is 4.54. The lowest BCUT2D eigenvalue weighted by atomic mass is 10.1. The molecule has 4 rings (SSSR count). The fourth-order valence-electron chi connectivity index (χ4n) is 3.47. The van der Waals surface area contributed by atoms with E-state index in [1.165, 1.54) is 5.56 Å². The van der Waals surface area contributed by atoms with E-state index in [4.69, 9.17) is 11.6 Å². The molecule has 1 aliphatic rings. The van der Waals surface area contributed by atoms with E-state index < -0.39 is 0 Å². The maximum atomic E-state index is 12.6. The Kier molecular flexibility index (Phi) is 6.14. The number of hydrogen-bond acceptors (Lipinski definition) is 4. The van der Waals surface area contributed by atoms with Gasteiger partial charge >= 0.3 is 6.03 Å². The molecule has 1 aromatic heterocycles. The monoisotopic (exact) mass is 421 g/mol. The zero-order valence-corrected chi connectivity index (χ0v) is 17.6. The molecule has 6 nitrogen and oxygen atoms in total. The maximum absolute atomic E-state index is 12.6. The van der Waals surface area contributed by atoms with Crippen molar-refractivity contribution in [2.24, 2.45) is 0 Å². The molecule has 3 aromatic rings. The standard InChI is InChI=1S/C23H24ClN5O/c1-2-17-7-9-18(10-8-17)25-23(30)29-15-13-28(14-16-29)22-12-11-21(26-27-22)19-5-3-4-6-20(19)24/h3-12H,2,13-16H2,1H3,(H,25,30). The van der Waals surface area contributed by atoms with Crippen LogP contribution in [-0.2, 0) is 6.42 Å². The minimum atomic E-state index is -0.0703. The van der Waals surface area contributed by atoms with E-state index in [1.807, 2.05) is 65.6 Å². The summed E-state index contributed by atoms with van der Waals surface area (Å²) >= 11 is 6.24. The van der Waals surface area contributed by atoms with E-state index in [9.17, 15) is 4.79 Å². The normalized spacial score (nSPS) is 13.9. The van der Waals surface area contributed by atoms with Crippen molar-refractivity contribution in [3.8, 4) is 11.3 Å². The van der Waals surface area contributed by atoms with Gasteiger partial charge in [-0.15, -0.1) is 10.2 Å². The second kappa shape index (κ2) is 9.13. The van der Waals surface area contributed by atoms with Crippen molar-refractivity contribution in [2.45, 2.75) is 13.3 Å². The number of piperazine rings is 1. The van der Waals surface area contributed by atoms with Gasteiger partial charge in [-0.3, -0.25) is 0 Å². The zero-order valence-electron chi connectivity index (χ0n) is 16.9. The van der Waals surface area contributed by atoms with Crippen LogP contribution in [-0.4, -0.2) is 47.3 Å². The molecule has 1 aliphatic heterocycles. The van der Waals surface area contributed by atoms with Gasteiger partial charge in [0.2, 0.25) is 0 Å². The molecule has 0 unspecified atom stereocenters. The number of aryl methyl sites for hydroxylation is 1. The van der Waals surface area contributed by atoms with Gasteiger partial charge in [-0.25, -0.2) is 4.79 Å². The van der Waals surface area contributed by atoms with E-state index in [0.717, 1.165) is 29.2 Å². The number of nitrogens with zero attached hydrogens (tertiary/aromatic N) is 4. The first-order chi connectivity index (χ1) is 14.6. The number of carbonyl (C=O) groups is 1. The molecule has 2 amide bonds. The van der Waals surface area contributed by atoms with E-state index >= 15 is 0 Å². The summed E-state index contributed by atoms with van der Waals surface area (Å²) in [6.07, 6.45) is 0.985. The quantitative estimate of drug-likeness (QED) is 0.662. The second-order valence-electron chi connectivity index (χ2n) is 7.21. The van der Waals surface area contributed by atoms with Gasteiger partial charge in [-0.1, -0.05) is 48.9 Å². The van der Waals surface area contributed by atoms with Crippen molar-refractivity contribution in [3.05, 3.63) is 71.2 Å². The molecule has 1 saturated heterocycles. The summed E-state index contributed by atoms with van der Waals surface area (Å²) in [6.45, 7) is 4.80. The lowest BCUT2D eigenvalue weighted by Crippen LogP contribution is -2.50. The smallest absolute Gasteiger partial charge is 0.321 e. The van der Waals surface area contributed by atoms with Crippen molar-refractivity contribution < 1.29 is 4.79 Å². The molecule has 0 bridgehead atoms. The van der Waals surface area contributed by atoms with Crippen LogP contribution in [0.4, 0.5) is 16.3 Å². The summed E-state index contributed by atoms with van der Waals surface area (Å²) in [5.41, 5.74) is 3.69. The SMILES string of the molecule is CCc1ccc(NC(=O)N2CCN(c3ccc(-c4ccccc4Cl)nn3)CC2)cc1. The molecule has 0 saturated carbocycles. The number of hydrogen-bond donors (Lipinski definition) is 1. The molecule has 30 heavy (non-hydrogen) atoms. The average Bonchev–Trinajstić information content (AvgIpc) is 2.80. The van der Waals surface area contributed by atoms with Crippen molar-refractivity contribution in [1.82, 2.24) is 15.1 Å². The van der Waals surface area contributed by atoms with Gasteiger partial charge in [0.15, 0.2) is 5.82 Å². The number of rotatable bonds is 4. The minimum absolute atomic E-state index is 0.0703. The summed E-state index contributed by atoms with van der Waals surface area (Å²) in [5, 5.41) is 12.3. The fourth-order valence-corrected chi connectivity index (χ4v) is 3.70. The molecular weight excluding hydrogens is 398 g/mol. The maximum Gasteiger partial charge on any atom is 0.321 e. The predicted molar refractivity (Wildman–Crippen MR) is 121 cm³/mol. The lowest BCUT2D eigenvalue weighted by molar-refractivity contribution is 0.208. The lowest BCUT2D eigenvalue weighted by Gasteiger charge is -2.35. The van der Waals surface area contributed by atoms with E-state index in [2.05, 4.69) is 27.3 Å². The molecule has 154 valence electrons. The topological polar surface area (TPSA) is 61.4 Å². The molecular formula is C23H24ClN5O. The van der Waals surface area contributed by atoms with Crippen molar-refractivity contribution in [3.63, 3.8) is 0 Å². The Morgan fingerprint density at radius 1 is 0.967 bits per heavy atom. The molecule has 1 N–H and O–H groups in total. The van der Waals surface area contributed by atoms with Crippen LogP contribution in [0.25, 0.3) is 11.3 Å². The molecule has 0 radical (unpaired) electrons. The van der Waals surface area contributed by atoms with Crippen LogP contribution >= 0.6 is 11.6 Å². The number of carbonyl (C=O) groups excluding carboxylic acids is 1. The first kappa shape index (κ1) is 20.2. The van der Waals surface area contributed by atoms with Gasteiger partial charge in [-0.2, -0.15) is 0 Å². The highest BCUT2D eigenvalue weighted by Gasteiger charge is 2.22. The number of benzene rings is 2. The number of amides is 2. The molecule has 1 fully saturated rings. The van der Waals surface area contributed by atoms with Gasteiger partial charge in [-0.05, 0) is 42.3 Å². The highest BCUT2D eigenvalue weighted by molar-refractivity contribution is 6.33. The van der Waals surface area contributed by atoms with Gasteiger partial charge < -0.3 is 15.1 Å². The highest BCUT2D eigenvalue weighted by atomic mass is 35.5. The number of halogens is 1. The largest absolute Gasteiger partial charge is 0.352 e. The van der Waals surface area contributed by atoms with Crippen LogP contribution in [0.2, 0.25) is 5.02 Å². The van der Waals surface area contributed by atoms with Crippen LogP contribution in [0, 0.1) is 0 Å². The van der Waals surface area contributed by atoms with Crippen LogP contribution < -0.4 is 10.2 Å². The molecule has 7 heteroatoms. The summed E-state index contributed by atoms with van der Waals surface area (Å²) in [6, 6.07) is 19.4. The van der Waals surface area contributed by atoms with E-state index in [-0.39, 0.29) is 6.03 Å². The second-order valence-corrected chi connectivity index (χ2v) is 7.62. The van der Waals surface area contributed by atoms with Crippen molar-refractivity contribution in [1.29, 1.82) is 0 Å². The zero-order chi connectivity index (χ0) is 20.9. The van der Waals surface area contributed by atoms with Gasteiger partial charge in [0.05, 0.1) is 10.7 Å². The highest BCUT2D eigenvalue weighted by Crippen LogP contribution is 2.26. The first-order valence-electron chi connectivity index (χ1n) is 10.1. The number of anilines is 2. The molecule has 0 atom stereocenters. The van der Waals surface area contributed by atoms with Crippen molar-refractivity contribution in [2.75, 3.05) is 36.4 Å². The summed E-state index contributed by atoms with van der Waals surface area (Å²) in [5.74, 6) is 0.806. The van der Waals surface area contributed by atoms with Gasteiger partial charge in [0.25, 0.3) is 0 Å². The Hall–Kier alpha value is -3.12. The fraction of sp³-hybridized carbons (Fsp3) is 0.261. The molecule has 2 heterocycles. The van der Waals surface area contributed by atoms with E-state index in [0.29, 0.717) is 31.2 Å².